The van der Waals surface area contributed by atoms with E-state index in [1.807, 2.05) is 39.0 Å². The molecule has 0 heterocycles. The van der Waals surface area contributed by atoms with E-state index in [-0.39, 0.29) is 41.6 Å². The minimum absolute atomic E-state index is 0. The Balaban J connectivity index is -0.0000000522. The minimum atomic E-state index is -2.80. The molecule has 1 aliphatic rings. The van der Waals surface area contributed by atoms with E-state index in [9.17, 15) is 13.2 Å². The maximum atomic E-state index is 11.0. The molecule has 7 heteroatoms. The maximum absolute atomic E-state index is 11.0. The first-order valence-electron chi connectivity index (χ1n) is 19.6. The molecule has 0 spiro atoms. The van der Waals surface area contributed by atoms with Gasteiger partial charge in [-0.2, -0.15) is 0 Å². The highest BCUT2D eigenvalue weighted by atomic mass is 32.2. The van der Waals surface area contributed by atoms with E-state index < -0.39 is 9.84 Å². The summed E-state index contributed by atoms with van der Waals surface area (Å²) in [7, 11) is 3.06. The molecule has 0 aliphatic heterocycles. The van der Waals surface area contributed by atoms with E-state index >= 15 is 0 Å². The Morgan fingerprint density at radius 3 is 1.57 bits per heavy atom. The van der Waals surface area contributed by atoms with Crippen LogP contribution in [0.2, 0.25) is 0 Å². The summed E-state index contributed by atoms with van der Waals surface area (Å²) in [6, 6.07) is 10.3. The molecule has 1 fully saturated rings. The Morgan fingerprint density at radius 1 is 0.870 bits per heavy atom. The van der Waals surface area contributed by atoms with Crippen LogP contribution in [-0.2, 0) is 19.4 Å². The van der Waals surface area contributed by atoms with Crippen LogP contribution >= 0.6 is 0 Å². The van der Waals surface area contributed by atoms with Gasteiger partial charge in [0.15, 0.2) is 9.84 Å². The van der Waals surface area contributed by atoms with Crippen molar-refractivity contribution in [3.63, 3.8) is 0 Å². The summed E-state index contributed by atoms with van der Waals surface area (Å²) in [5.74, 6) is 3.11. The quantitative estimate of drug-likeness (QED) is 0.122. The van der Waals surface area contributed by atoms with Crippen molar-refractivity contribution in [3.05, 3.63) is 48.6 Å². The van der Waals surface area contributed by atoms with Gasteiger partial charge in [0.05, 0.1) is 19.3 Å². The summed E-state index contributed by atoms with van der Waals surface area (Å²) >= 11 is 0. The van der Waals surface area contributed by atoms with E-state index in [0.717, 1.165) is 24.9 Å². The number of sulfone groups is 1. The predicted octanol–water partition coefficient (Wildman–Crippen LogP) is 14.9. The minimum Gasteiger partial charge on any atom is -0.469 e. The molecule has 1 aromatic rings. The predicted molar refractivity (Wildman–Crippen MR) is 253 cm³/mol. The Labute approximate surface area is 344 Å². The molecule has 0 aromatic heterocycles. The van der Waals surface area contributed by atoms with Gasteiger partial charge in [-0.05, 0) is 45.2 Å². The number of hydrogen-bond acceptors (Lipinski definition) is 6. The zero-order chi connectivity index (χ0) is 40.2. The van der Waals surface area contributed by atoms with E-state index in [1.165, 1.54) is 95.8 Å². The number of esters is 1. The lowest BCUT2D eigenvalue weighted by molar-refractivity contribution is -0.139. The van der Waals surface area contributed by atoms with Crippen LogP contribution in [0.5, 0.6) is 0 Å². The number of hydrogen-bond donors (Lipinski definition) is 1. The second-order valence-corrected chi connectivity index (χ2v) is 15.5. The summed E-state index contributed by atoms with van der Waals surface area (Å²) in [6.45, 7) is 27.3. The number of ether oxygens (including phenoxy) is 1. The smallest absolute Gasteiger partial charge is 0.309 e. The third-order valence-electron chi connectivity index (χ3n) is 7.21. The summed E-state index contributed by atoms with van der Waals surface area (Å²) < 4.78 is 26.3. The van der Waals surface area contributed by atoms with Crippen LogP contribution in [0.1, 0.15) is 194 Å². The number of benzene rings is 1. The van der Waals surface area contributed by atoms with Crippen molar-refractivity contribution < 1.29 is 23.1 Å². The summed E-state index contributed by atoms with van der Waals surface area (Å²) in [6.07, 6.45) is 19.6. The normalized spacial score (nSPS) is 11.3. The number of methoxy groups -OCH3 is 1. The Morgan fingerprint density at radius 2 is 1.35 bits per heavy atom. The largest absolute Gasteiger partial charge is 0.469 e. The molecule has 0 amide bonds. The first-order valence-corrected chi connectivity index (χ1v) is 21.5. The van der Waals surface area contributed by atoms with Crippen LogP contribution in [0.3, 0.4) is 0 Å². The van der Waals surface area contributed by atoms with Gasteiger partial charge in [0.1, 0.15) is 5.88 Å². The molecule has 0 saturated heterocycles. The van der Waals surface area contributed by atoms with Crippen molar-refractivity contribution in [1.82, 2.24) is 4.90 Å². The zero-order valence-corrected chi connectivity index (χ0v) is 37.0. The van der Waals surface area contributed by atoms with Crippen molar-refractivity contribution in [2.75, 3.05) is 39.9 Å². The monoisotopic (exact) mass is 796 g/mol. The number of unbranched alkanes of at least 4 members (excludes halogenated alkanes) is 2. The average Bonchev–Trinajstić information content (AvgIpc) is 3.08. The van der Waals surface area contributed by atoms with Crippen LogP contribution < -0.4 is 0 Å². The molecule has 2 rings (SSSR count). The molecule has 1 unspecified atom stereocenters. The van der Waals surface area contributed by atoms with Crippen molar-refractivity contribution in [1.29, 1.82) is 0 Å². The van der Waals surface area contributed by atoms with Crippen molar-refractivity contribution in [3.8, 4) is 0 Å². The Kier molecular flexibility index (Phi) is 90.1. The van der Waals surface area contributed by atoms with Gasteiger partial charge in [0.25, 0.3) is 0 Å². The first-order chi connectivity index (χ1) is 23.7. The number of carbonyl (C=O) groups is 1. The molecular formula is C47H105NO5S. The summed E-state index contributed by atoms with van der Waals surface area (Å²) in [5.41, 5.74) is 1.32. The molecule has 0 bridgehead atoms. The van der Waals surface area contributed by atoms with Gasteiger partial charge in [0, 0.05) is 7.11 Å². The van der Waals surface area contributed by atoms with Crippen LogP contribution in [-0.4, -0.2) is 64.3 Å². The summed E-state index contributed by atoms with van der Waals surface area (Å²) in [4.78, 5) is 11.8. The molecule has 0 radical (unpaired) electrons. The standard InChI is InChI=1S/C8H18.C7H14.C7H8.C7H16.C6H15NO2S.C5H8O2.C2H6.CH4O.4CH4/c1-4-5-6-7-8(2)3;2*1-7-5-3-2-4-6-7;1-4-6-7(3)5-2;1-4-5-10(8,9)6-7(2)3;1-3-4-5(6)7-2;2*1-2;;;;/h8H,4-7H2,1-3H3;7H,2-6H2,1H3;2-6H,1H3;7H,4-6H2,1-3H3;4-6H2,1-3H3;3H,1,4H2,2H3;1-2H3;2H,1H3;4*1H4. The zero-order valence-electron chi connectivity index (χ0n) is 36.2. The van der Waals surface area contributed by atoms with Crippen LogP contribution in [0, 0.1) is 24.7 Å². The number of rotatable bonds is 13. The molecule has 1 saturated carbocycles. The van der Waals surface area contributed by atoms with Crippen LogP contribution in [0.15, 0.2) is 43.0 Å². The fraction of sp³-hybridized carbons (Fsp3) is 0.809. The molecular weight excluding hydrogens is 691 g/mol. The highest BCUT2D eigenvalue weighted by Crippen LogP contribution is 2.22. The summed E-state index contributed by atoms with van der Waals surface area (Å²) in [5, 5.41) is 7.00. The Hall–Kier alpha value is -1.70. The average molecular weight is 796 g/mol. The molecule has 1 aromatic carbocycles. The van der Waals surface area contributed by atoms with Gasteiger partial charge < -0.3 is 9.84 Å². The molecule has 334 valence electrons. The van der Waals surface area contributed by atoms with Crippen molar-refractivity contribution in [2.24, 2.45) is 17.8 Å². The lowest BCUT2D eigenvalue weighted by atomic mass is 9.91. The van der Waals surface area contributed by atoms with Gasteiger partial charge in [-0.15, -0.1) is 6.58 Å². The van der Waals surface area contributed by atoms with Gasteiger partial charge >= 0.3 is 5.97 Å². The first kappa shape index (κ1) is 76.9. The lowest BCUT2D eigenvalue weighted by Gasteiger charge is -2.15. The second kappa shape index (κ2) is 63.2. The SMILES string of the molecule is C.C.C.C.C=CCC(=O)OC.CC.CC1CCCCC1.CCCC(C)CC.CCCCCC(C)C.CCCS(=O)(=O)CN(C)C.CO.Cc1ccccc1. The molecule has 1 N–H and O–H groups in total. The molecule has 1 atom stereocenters. The fourth-order valence-electron chi connectivity index (χ4n) is 4.31. The van der Waals surface area contributed by atoms with E-state index in [0.29, 0.717) is 18.6 Å². The number of carbonyl (C=O) groups excluding carboxylic acids is 1. The Bertz CT molecular complexity index is 849. The van der Waals surface area contributed by atoms with Gasteiger partial charge in [-0.1, -0.05) is 218 Å². The van der Waals surface area contributed by atoms with Gasteiger partial charge in [-0.3, -0.25) is 9.69 Å². The van der Waals surface area contributed by atoms with Gasteiger partial charge in [0.2, 0.25) is 0 Å². The van der Waals surface area contributed by atoms with Crippen molar-refractivity contribution >= 4 is 15.8 Å². The second-order valence-electron chi connectivity index (χ2n) is 13.3. The van der Waals surface area contributed by atoms with E-state index in [4.69, 9.17) is 5.11 Å². The fourth-order valence-corrected chi connectivity index (χ4v) is 5.85. The highest BCUT2D eigenvalue weighted by molar-refractivity contribution is 7.91. The van der Waals surface area contributed by atoms with Crippen LogP contribution in [0.25, 0.3) is 0 Å². The number of aliphatic hydroxyl groups is 1. The lowest BCUT2D eigenvalue weighted by Crippen LogP contribution is -2.23. The van der Waals surface area contributed by atoms with Crippen LogP contribution in [0.4, 0.5) is 0 Å². The highest BCUT2D eigenvalue weighted by Gasteiger charge is 2.09. The van der Waals surface area contributed by atoms with E-state index in [2.05, 4.69) is 78.8 Å². The molecule has 1 aliphatic carbocycles. The molecule has 54 heavy (non-hydrogen) atoms. The number of aryl methyl sites for hydroxylation is 1. The van der Waals surface area contributed by atoms with Crippen molar-refractivity contribution in [2.45, 2.75) is 196 Å². The number of nitrogens with zero attached hydrogens (tertiary/aromatic N) is 1. The van der Waals surface area contributed by atoms with Gasteiger partial charge in [-0.25, -0.2) is 8.42 Å². The third kappa shape index (κ3) is 83.3. The number of aliphatic hydroxyl groups excluding tert-OH is 1. The molecule has 6 nitrogen and oxygen atoms in total. The maximum Gasteiger partial charge on any atom is 0.309 e. The topological polar surface area (TPSA) is 83.9 Å². The van der Waals surface area contributed by atoms with E-state index in [1.54, 1.807) is 19.0 Å². The third-order valence-corrected chi connectivity index (χ3v) is 9.15.